The minimum Gasteiger partial charge on any atom is -0.467 e. The Kier molecular flexibility index (Phi) is 10.6. The van der Waals surface area contributed by atoms with Gasteiger partial charge in [0.1, 0.15) is 17.7 Å². The number of allylic oxidation sites excluding steroid dienone is 2. The number of nitrogens with zero attached hydrogens (tertiary/aromatic N) is 4. The molecule has 12 rings (SSSR count). The third-order valence-corrected chi connectivity index (χ3v) is 12.6. The zero-order valence-electron chi connectivity index (χ0n) is 37.0. The van der Waals surface area contributed by atoms with E-state index in [9.17, 15) is 0 Å². The fraction of sp³-hybridized carbons (Fsp3) is 0.0323. The number of oxazole rings is 1. The Morgan fingerprint density at radius 1 is 0.382 bits per heavy atom. The first-order chi connectivity index (χ1) is 33.7. The van der Waals surface area contributed by atoms with E-state index in [1.54, 1.807) is 0 Å². The number of rotatable bonds is 11. The van der Waals surface area contributed by atoms with Crippen LogP contribution in [0, 0.1) is 0 Å². The average Bonchev–Trinajstić information content (AvgIpc) is 4.05. The summed E-state index contributed by atoms with van der Waals surface area (Å²) >= 11 is 0. The maximum Gasteiger partial charge on any atom is 0.227 e. The Balaban J connectivity index is 0.783. The smallest absolute Gasteiger partial charge is 0.227 e. The van der Waals surface area contributed by atoms with Gasteiger partial charge in [-0.3, -0.25) is 0 Å². The third kappa shape index (κ3) is 8.05. The molecule has 0 N–H and O–H groups in total. The van der Waals surface area contributed by atoms with Gasteiger partial charge in [-0.15, -0.1) is 0 Å². The van der Waals surface area contributed by atoms with Crippen LogP contribution in [0.2, 0.25) is 0 Å². The fourth-order valence-electron chi connectivity index (χ4n) is 9.15. The van der Waals surface area contributed by atoms with Gasteiger partial charge < -0.3 is 19.0 Å². The number of hydrogen-bond acceptors (Lipinski definition) is 6. The highest BCUT2D eigenvalue weighted by molar-refractivity contribution is 5.97. The predicted octanol–water partition coefficient (Wildman–Crippen LogP) is 15.9. The summed E-state index contributed by atoms with van der Waals surface area (Å²) in [6.45, 7) is 0. The van der Waals surface area contributed by atoms with Crippen molar-refractivity contribution in [1.29, 1.82) is 0 Å². The van der Waals surface area contributed by atoms with Gasteiger partial charge in [0.15, 0.2) is 5.58 Å². The Labute approximate surface area is 395 Å². The van der Waals surface area contributed by atoms with Crippen LogP contribution in [0.4, 0.5) is 34.1 Å². The van der Waals surface area contributed by atoms with Crippen LogP contribution >= 0.6 is 0 Å². The second-order valence-corrected chi connectivity index (χ2v) is 17.0. The monoisotopic (exact) mass is 876 g/mol. The van der Waals surface area contributed by atoms with E-state index < -0.39 is 0 Å². The van der Waals surface area contributed by atoms with Crippen molar-refractivity contribution in [2.75, 3.05) is 9.80 Å². The summed E-state index contributed by atoms with van der Waals surface area (Å²) < 4.78 is 12.6. The van der Waals surface area contributed by atoms with E-state index in [1.165, 1.54) is 11.1 Å². The van der Waals surface area contributed by atoms with Crippen LogP contribution in [0.1, 0.15) is 11.1 Å². The topological polar surface area (TPSA) is 54.1 Å². The van der Waals surface area contributed by atoms with Crippen molar-refractivity contribution in [3.05, 3.63) is 266 Å². The molecule has 1 aliphatic carbocycles. The first kappa shape index (κ1) is 40.5. The second-order valence-electron chi connectivity index (χ2n) is 17.0. The van der Waals surface area contributed by atoms with Crippen LogP contribution in [0.3, 0.4) is 0 Å². The molecule has 0 spiro atoms. The molecule has 68 heavy (non-hydrogen) atoms. The van der Waals surface area contributed by atoms with Gasteiger partial charge in [-0.1, -0.05) is 133 Å². The third-order valence-electron chi connectivity index (χ3n) is 12.6. The summed E-state index contributed by atoms with van der Waals surface area (Å²) in [5.74, 6) is 1.27. The van der Waals surface area contributed by atoms with Crippen molar-refractivity contribution in [3.63, 3.8) is 0 Å². The van der Waals surface area contributed by atoms with Crippen LogP contribution in [0.25, 0.3) is 50.4 Å². The number of benzene rings is 9. The molecule has 0 radical (unpaired) electrons. The highest BCUT2D eigenvalue weighted by Crippen LogP contribution is 2.40. The molecule has 2 heterocycles. The lowest BCUT2D eigenvalue weighted by Crippen LogP contribution is -2.20. The first-order valence-corrected chi connectivity index (χ1v) is 22.9. The molecule has 0 amide bonds. The fourth-order valence-corrected chi connectivity index (χ4v) is 9.15. The van der Waals surface area contributed by atoms with Gasteiger partial charge in [0.2, 0.25) is 11.8 Å². The lowest BCUT2D eigenvalue weighted by Gasteiger charge is -2.26. The summed E-state index contributed by atoms with van der Waals surface area (Å²) in [4.78, 5) is 14.4. The summed E-state index contributed by atoms with van der Waals surface area (Å²) in [5, 5.41) is 0. The maximum absolute atomic E-state index is 6.36. The van der Waals surface area contributed by atoms with E-state index in [0.29, 0.717) is 11.8 Å². The zero-order chi connectivity index (χ0) is 45.2. The number of ether oxygens (including phenoxy) is 1. The highest BCUT2D eigenvalue weighted by Gasteiger charge is 2.31. The van der Waals surface area contributed by atoms with Crippen LogP contribution in [-0.4, -0.2) is 23.0 Å². The van der Waals surface area contributed by atoms with Crippen LogP contribution in [-0.2, 0) is 4.74 Å². The Hall–Kier alpha value is -9.00. The molecule has 0 fully saturated rings. The lowest BCUT2D eigenvalue weighted by atomic mass is 9.96. The molecule has 10 aromatic rings. The number of para-hydroxylation sites is 2. The summed E-state index contributed by atoms with van der Waals surface area (Å²) in [7, 11) is 0. The van der Waals surface area contributed by atoms with E-state index in [4.69, 9.17) is 19.1 Å². The van der Waals surface area contributed by atoms with E-state index in [0.717, 1.165) is 78.6 Å². The van der Waals surface area contributed by atoms with E-state index in [1.807, 2.05) is 42.5 Å². The van der Waals surface area contributed by atoms with Gasteiger partial charge >= 0.3 is 0 Å². The molecule has 6 heteroatoms. The van der Waals surface area contributed by atoms with Gasteiger partial charge in [0.05, 0.1) is 0 Å². The predicted molar refractivity (Wildman–Crippen MR) is 278 cm³/mol. The maximum atomic E-state index is 6.36. The number of aromatic nitrogens is 1. The van der Waals surface area contributed by atoms with E-state index in [-0.39, 0.29) is 12.1 Å². The van der Waals surface area contributed by atoms with Crippen molar-refractivity contribution in [2.24, 2.45) is 4.99 Å². The molecule has 0 saturated heterocycles. The van der Waals surface area contributed by atoms with Gasteiger partial charge in [0.25, 0.3) is 0 Å². The molecular weight excluding hydrogens is 833 g/mol. The molecule has 2 unspecified atom stereocenters. The minimum absolute atomic E-state index is 0.0515. The van der Waals surface area contributed by atoms with Crippen molar-refractivity contribution in [2.45, 2.75) is 12.1 Å². The molecule has 0 bridgehead atoms. The SMILES string of the molecule is C1=CC2OC(c3ccc(N(c4ccccc4)c4ccc(-c5ccc(N(c6ccccc6)c6ccc(-c7nc8cc(-c9ccccc9)ccc8o7)cc6)cc5)cc4)cc3)=NC2C=C1c1ccccc1. The van der Waals surface area contributed by atoms with Crippen molar-refractivity contribution < 1.29 is 9.15 Å². The van der Waals surface area contributed by atoms with Crippen molar-refractivity contribution >= 4 is 56.7 Å². The minimum atomic E-state index is -0.100. The summed E-state index contributed by atoms with van der Waals surface area (Å²) in [6, 6.07) is 82.3. The Morgan fingerprint density at radius 3 is 1.34 bits per heavy atom. The molecule has 6 nitrogen and oxygen atoms in total. The van der Waals surface area contributed by atoms with E-state index >= 15 is 0 Å². The van der Waals surface area contributed by atoms with Crippen LogP contribution < -0.4 is 9.80 Å². The summed E-state index contributed by atoms with van der Waals surface area (Å²) in [5.41, 5.74) is 16.7. The molecule has 1 aromatic heterocycles. The quantitative estimate of drug-likeness (QED) is 0.130. The number of fused-ring (bicyclic) bond motifs is 2. The van der Waals surface area contributed by atoms with Crippen molar-refractivity contribution in [1.82, 2.24) is 4.98 Å². The molecule has 1 aliphatic heterocycles. The summed E-state index contributed by atoms with van der Waals surface area (Å²) in [6.07, 6.45) is 6.37. The molecule has 9 aromatic carbocycles. The standard InChI is InChI=1S/C62H44N4O2/c1-5-13-43(14-6-1)49-29-39-59-57(41-49)63-61(67-59)47-25-35-55(36-26-47)65(51-17-9-3-10-18-51)53-31-21-45(22-32-53)46-23-33-54(34-24-46)66(52-19-11-4-12-20-52)56-37-27-48(28-38-56)62-64-58-42-50(30-40-60(58)68-62)44-15-7-2-8-16-44/h1-42,57,59H. The van der Waals surface area contributed by atoms with E-state index in [2.05, 4.69) is 222 Å². The molecule has 2 atom stereocenters. The van der Waals surface area contributed by atoms with Crippen LogP contribution in [0.5, 0.6) is 0 Å². The number of anilines is 6. The van der Waals surface area contributed by atoms with Crippen molar-refractivity contribution in [3.8, 4) is 33.7 Å². The second kappa shape index (κ2) is 17.8. The zero-order valence-corrected chi connectivity index (χ0v) is 37.0. The molecule has 324 valence electrons. The van der Waals surface area contributed by atoms with Gasteiger partial charge in [-0.05, 0) is 155 Å². The van der Waals surface area contributed by atoms with Gasteiger partial charge in [0, 0.05) is 45.3 Å². The molecular formula is C62H44N4O2. The normalized spacial score (nSPS) is 15.0. The number of hydrogen-bond donors (Lipinski definition) is 0. The number of aliphatic imine (C=N–C) groups is 1. The van der Waals surface area contributed by atoms with Crippen LogP contribution in [0.15, 0.2) is 264 Å². The Bertz CT molecular complexity index is 3440. The first-order valence-electron chi connectivity index (χ1n) is 22.9. The Morgan fingerprint density at radius 2 is 0.809 bits per heavy atom. The van der Waals surface area contributed by atoms with Gasteiger partial charge in [-0.2, -0.15) is 0 Å². The lowest BCUT2D eigenvalue weighted by molar-refractivity contribution is 0.255. The average molecular weight is 877 g/mol. The van der Waals surface area contributed by atoms with Gasteiger partial charge in [-0.25, -0.2) is 9.98 Å². The molecule has 2 aliphatic rings. The largest absolute Gasteiger partial charge is 0.467 e. The molecule has 0 saturated carbocycles. The highest BCUT2D eigenvalue weighted by atomic mass is 16.5.